The maximum atomic E-state index is 11.6. The predicted octanol–water partition coefficient (Wildman–Crippen LogP) is 5.29. The van der Waals surface area contributed by atoms with Crippen molar-refractivity contribution in [3.8, 4) is 5.75 Å². The van der Waals surface area contributed by atoms with Crippen LogP contribution in [0.15, 0.2) is 29.2 Å². The first kappa shape index (κ1) is 24.6. The molecule has 1 aromatic rings. The van der Waals surface area contributed by atoms with Gasteiger partial charge in [0.25, 0.3) is 0 Å². The fourth-order valence-electron chi connectivity index (χ4n) is 2.86. The first-order chi connectivity index (χ1) is 13.3. The third-order valence-corrected chi connectivity index (χ3v) is 5.01. The normalized spacial score (nSPS) is 12.6. The Hall–Kier alpha value is -1.40. The minimum Gasteiger partial charge on any atom is -0.494 e. The number of nitrogens with two attached hydrogens (primary N) is 1. The Morgan fingerprint density at radius 1 is 0.893 bits per heavy atom. The largest absolute Gasteiger partial charge is 0.494 e. The molecular formula is C22H37NO4S. The van der Waals surface area contributed by atoms with Gasteiger partial charge in [0.1, 0.15) is 22.3 Å². The van der Waals surface area contributed by atoms with Gasteiger partial charge in [0, 0.05) is 6.42 Å². The Kier molecular flexibility index (Phi) is 12.1. The van der Waals surface area contributed by atoms with Crippen LogP contribution in [0.25, 0.3) is 0 Å². The summed E-state index contributed by atoms with van der Waals surface area (Å²) in [6, 6.07) is 7.09. The maximum Gasteiger partial charge on any atom is 0.306 e. The first-order valence-corrected chi connectivity index (χ1v) is 11.6. The van der Waals surface area contributed by atoms with E-state index in [1.54, 1.807) is 12.1 Å². The van der Waals surface area contributed by atoms with Gasteiger partial charge in [-0.1, -0.05) is 44.9 Å². The second-order valence-electron chi connectivity index (χ2n) is 8.14. The molecule has 1 unspecified atom stereocenters. The Bertz CT molecular complexity index is 581. The standard InChI is InChI=1S/C22H37NO4S/c1-22(2,3)27-21(24)13-11-9-7-5-4-6-8-10-12-18-26-19-14-16-20(17-15-19)28(23)25/h14-17H,4-13,18,23H2,1-3H3. The summed E-state index contributed by atoms with van der Waals surface area (Å²) in [5, 5.41) is 5.32. The molecule has 28 heavy (non-hydrogen) atoms. The molecule has 0 aromatic heterocycles. The zero-order valence-corrected chi connectivity index (χ0v) is 18.5. The molecule has 5 nitrogen and oxygen atoms in total. The summed E-state index contributed by atoms with van der Waals surface area (Å²) in [5.41, 5.74) is -0.376. The van der Waals surface area contributed by atoms with E-state index in [1.165, 1.54) is 38.5 Å². The van der Waals surface area contributed by atoms with E-state index in [1.807, 2.05) is 32.9 Å². The molecule has 160 valence electrons. The zero-order chi connectivity index (χ0) is 20.8. The molecule has 0 amide bonds. The highest BCUT2D eigenvalue weighted by Crippen LogP contribution is 2.15. The molecule has 0 heterocycles. The van der Waals surface area contributed by atoms with Crippen LogP contribution < -0.4 is 9.88 Å². The lowest BCUT2D eigenvalue weighted by atomic mass is 10.1. The number of carbonyl (C=O) groups is 1. The highest BCUT2D eigenvalue weighted by molar-refractivity contribution is 7.82. The number of unbranched alkanes of at least 4 members (excludes halogenated alkanes) is 8. The van der Waals surface area contributed by atoms with Crippen molar-refractivity contribution in [3.05, 3.63) is 24.3 Å². The lowest BCUT2D eigenvalue weighted by Gasteiger charge is -2.19. The average Bonchev–Trinajstić information content (AvgIpc) is 2.61. The predicted molar refractivity (Wildman–Crippen MR) is 115 cm³/mol. The first-order valence-electron chi connectivity index (χ1n) is 10.4. The highest BCUT2D eigenvalue weighted by atomic mass is 32.2. The summed E-state index contributed by atoms with van der Waals surface area (Å²) in [7, 11) is -1.43. The van der Waals surface area contributed by atoms with E-state index >= 15 is 0 Å². The highest BCUT2D eigenvalue weighted by Gasteiger charge is 2.15. The third kappa shape index (κ3) is 12.9. The van der Waals surface area contributed by atoms with Gasteiger partial charge in [0.05, 0.1) is 11.5 Å². The molecule has 0 saturated carbocycles. The van der Waals surface area contributed by atoms with Crippen molar-refractivity contribution in [1.82, 2.24) is 0 Å². The van der Waals surface area contributed by atoms with Crippen LogP contribution in [0.2, 0.25) is 0 Å². The number of hydrogen-bond acceptors (Lipinski definition) is 4. The molecule has 0 spiro atoms. The van der Waals surface area contributed by atoms with Gasteiger partial charge >= 0.3 is 5.97 Å². The lowest BCUT2D eigenvalue weighted by molar-refractivity contribution is -0.154. The third-order valence-electron chi connectivity index (χ3n) is 4.27. The fraction of sp³-hybridized carbons (Fsp3) is 0.682. The van der Waals surface area contributed by atoms with Crippen LogP contribution >= 0.6 is 0 Å². The summed E-state index contributed by atoms with van der Waals surface area (Å²) in [4.78, 5) is 12.2. The van der Waals surface area contributed by atoms with E-state index in [0.29, 0.717) is 17.9 Å². The van der Waals surface area contributed by atoms with Crippen LogP contribution in [0.1, 0.15) is 85.0 Å². The van der Waals surface area contributed by atoms with Gasteiger partial charge in [-0.3, -0.25) is 4.79 Å². The van der Waals surface area contributed by atoms with Crippen LogP contribution in [0, 0.1) is 0 Å². The molecule has 6 heteroatoms. The molecule has 0 saturated heterocycles. The molecular weight excluding hydrogens is 374 g/mol. The number of ether oxygens (including phenoxy) is 2. The van der Waals surface area contributed by atoms with Crippen molar-refractivity contribution in [2.45, 2.75) is 95.5 Å². The van der Waals surface area contributed by atoms with E-state index in [2.05, 4.69) is 0 Å². The summed E-state index contributed by atoms with van der Waals surface area (Å²) in [6.45, 7) is 6.41. The summed E-state index contributed by atoms with van der Waals surface area (Å²) >= 11 is 0. The van der Waals surface area contributed by atoms with Crippen molar-refractivity contribution in [3.63, 3.8) is 0 Å². The van der Waals surface area contributed by atoms with Crippen LogP contribution in [-0.2, 0) is 20.5 Å². The van der Waals surface area contributed by atoms with Gasteiger partial charge < -0.3 is 9.47 Å². The van der Waals surface area contributed by atoms with E-state index in [0.717, 1.165) is 25.0 Å². The molecule has 1 rings (SSSR count). The fourth-order valence-corrected chi connectivity index (χ4v) is 3.27. The van der Waals surface area contributed by atoms with Gasteiger partial charge in [-0.2, -0.15) is 0 Å². The Labute approximate surface area is 173 Å². The monoisotopic (exact) mass is 411 g/mol. The molecule has 1 aromatic carbocycles. The Morgan fingerprint density at radius 3 is 1.89 bits per heavy atom. The number of esters is 1. The zero-order valence-electron chi connectivity index (χ0n) is 17.7. The molecule has 0 fully saturated rings. The van der Waals surface area contributed by atoms with Crippen LogP contribution in [0.4, 0.5) is 0 Å². The van der Waals surface area contributed by atoms with Crippen molar-refractivity contribution in [2.75, 3.05) is 6.61 Å². The Balaban J connectivity index is 1.89. The van der Waals surface area contributed by atoms with Gasteiger partial charge in [-0.05, 0) is 57.9 Å². The minimum atomic E-state index is -1.43. The topological polar surface area (TPSA) is 78.6 Å². The van der Waals surface area contributed by atoms with Crippen LogP contribution in [-0.4, -0.2) is 22.4 Å². The molecule has 0 aliphatic carbocycles. The summed E-state index contributed by atoms with van der Waals surface area (Å²) in [6.07, 6.45) is 10.9. The van der Waals surface area contributed by atoms with Crippen molar-refractivity contribution in [2.24, 2.45) is 5.14 Å². The number of benzene rings is 1. The number of hydrogen-bond donors (Lipinski definition) is 1. The van der Waals surface area contributed by atoms with Gasteiger partial charge in [0.15, 0.2) is 0 Å². The van der Waals surface area contributed by atoms with Gasteiger partial charge in [0.2, 0.25) is 0 Å². The van der Waals surface area contributed by atoms with Crippen LogP contribution in [0.3, 0.4) is 0 Å². The van der Waals surface area contributed by atoms with E-state index < -0.39 is 11.0 Å². The lowest BCUT2D eigenvalue weighted by Crippen LogP contribution is -2.23. The van der Waals surface area contributed by atoms with Gasteiger partial charge in [-0.15, -0.1) is 0 Å². The van der Waals surface area contributed by atoms with Crippen molar-refractivity contribution in [1.29, 1.82) is 0 Å². The SMILES string of the molecule is CC(C)(C)OC(=O)CCCCCCCCCCCOc1ccc(S(N)=O)cc1. The van der Waals surface area contributed by atoms with E-state index in [4.69, 9.17) is 14.6 Å². The smallest absolute Gasteiger partial charge is 0.306 e. The summed E-state index contributed by atoms with van der Waals surface area (Å²) < 4.78 is 22.1. The molecule has 2 N–H and O–H groups in total. The second kappa shape index (κ2) is 13.7. The van der Waals surface area contributed by atoms with E-state index in [-0.39, 0.29) is 11.6 Å². The molecule has 0 aliphatic rings. The molecule has 0 aliphatic heterocycles. The Morgan fingerprint density at radius 2 is 1.39 bits per heavy atom. The molecule has 0 radical (unpaired) electrons. The average molecular weight is 412 g/mol. The van der Waals surface area contributed by atoms with Crippen LogP contribution in [0.5, 0.6) is 5.75 Å². The maximum absolute atomic E-state index is 11.6. The number of carbonyl (C=O) groups excluding carboxylic acids is 1. The molecule has 1 atom stereocenters. The minimum absolute atomic E-state index is 0.0833. The van der Waals surface area contributed by atoms with Crippen molar-refractivity contribution < 1.29 is 18.5 Å². The van der Waals surface area contributed by atoms with Crippen molar-refractivity contribution >= 4 is 17.0 Å². The quantitative estimate of drug-likeness (QED) is 0.333. The summed E-state index contributed by atoms with van der Waals surface area (Å²) in [5.74, 6) is 0.709. The number of rotatable bonds is 14. The molecule has 0 bridgehead atoms. The van der Waals surface area contributed by atoms with E-state index in [9.17, 15) is 9.00 Å². The van der Waals surface area contributed by atoms with Gasteiger partial charge in [-0.25, -0.2) is 9.35 Å². The second-order valence-corrected chi connectivity index (χ2v) is 9.20.